The Labute approximate surface area is 205 Å². The van der Waals surface area contributed by atoms with Gasteiger partial charge in [0.05, 0.1) is 12.7 Å². The van der Waals surface area contributed by atoms with Gasteiger partial charge in [-0.3, -0.25) is 4.79 Å². The van der Waals surface area contributed by atoms with Gasteiger partial charge in [-0.15, -0.1) is 10.3 Å². The summed E-state index contributed by atoms with van der Waals surface area (Å²) in [6.45, 7) is 15.8. The number of hydrogen-bond acceptors (Lipinski definition) is 6. The van der Waals surface area contributed by atoms with Crippen molar-refractivity contribution in [3.63, 3.8) is 0 Å². The molecule has 9 heteroatoms. The fourth-order valence-corrected chi connectivity index (χ4v) is 6.31. The van der Waals surface area contributed by atoms with E-state index >= 15 is 0 Å². The Balaban J connectivity index is 1.81. The normalized spacial score (nSPS) is 22.7. The summed E-state index contributed by atoms with van der Waals surface area (Å²) in [6, 6.07) is 0. The van der Waals surface area contributed by atoms with Crippen LogP contribution < -0.4 is 0 Å². The third-order valence-corrected chi connectivity index (χ3v) is 12.3. The van der Waals surface area contributed by atoms with Crippen molar-refractivity contribution in [1.82, 2.24) is 4.31 Å². The van der Waals surface area contributed by atoms with Gasteiger partial charge in [-0.05, 0) is 65.4 Å². The highest BCUT2D eigenvalue weighted by Crippen LogP contribution is 2.53. The van der Waals surface area contributed by atoms with Crippen molar-refractivity contribution in [3.05, 3.63) is 0 Å². The molecule has 7 nitrogen and oxygen atoms in total. The minimum atomic E-state index is -1.45. The van der Waals surface area contributed by atoms with Gasteiger partial charge >= 0.3 is 5.97 Å². The van der Waals surface area contributed by atoms with Gasteiger partial charge in [0, 0.05) is 37.7 Å². The predicted molar refractivity (Wildman–Crippen MR) is 137 cm³/mol. The van der Waals surface area contributed by atoms with Crippen molar-refractivity contribution >= 4 is 27.3 Å². The van der Waals surface area contributed by atoms with Crippen LogP contribution in [0.1, 0.15) is 73.6 Å². The SMILES string of the molecule is CC(C)(C)OC(=O)C1(S(=O)N2CCC(OCCCOS(C)(C)C(C)(C)C)CC2)CCOCC1. The fourth-order valence-electron chi connectivity index (χ4n) is 3.69. The van der Waals surface area contributed by atoms with Crippen LogP contribution in [0.15, 0.2) is 0 Å². The van der Waals surface area contributed by atoms with E-state index in [1.54, 1.807) is 0 Å². The zero-order chi connectivity index (χ0) is 24.9. The molecule has 196 valence electrons. The molecule has 0 amide bonds. The Hall–Kier alpha value is -0.190. The lowest BCUT2D eigenvalue weighted by Gasteiger charge is -2.43. The average Bonchev–Trinajstić information content (AvgIpc) is 2.72. The number of rotatable bonds is 9. The molecule has 2 aliphatic rings. The number of piperidine rings is 1. The first-order valence-corrected chi connectivity index (χ1v) is 15.6. The van der Waals surface area contributed by atoms with E-state index < -0.39 is 31.6 Å². The minimum absolute atomic E-state index is 0.161. The molecule has 0 aliphatic carbocycles. The van der Waals surface area contributed by atoms with Gasteiger partial charge in [0.15, 0.2) is 4.75 Å². The van der Waals surface area contributed by atoms with E-state index in [4.69, 9.17) is 18.4 Å². The summed E-state index contributed by atoms with van der Waals surface area (Å²) in [7, 11) is -2.55. The molecule has 2 saturated heterocycles. The summed E-state index contributed by atoms with van der Waals surface area (Å²) in [4.78, 5) is 13.1. The minimum Gasteiger partial charge on any atom is -0.459 e. The van der Waals surface area contributed by atoms with E-state index in [0.717, 1.165) is 19.3 Å². The van der Waals surface area contributed by atoms with Gasteiger partial charge in [-0.1, -0.05) is 20.8 Å². The summed E-state index contributed by atoms with van der Waals surface area (Å²) >= 11 is 0. The molecule has 0 N–H and O–H groups in total. The number of carbonyl (C=O) groups is 1. The van der Waals surface area contributed by atoms with E-state index in [1.165, 1.54) is 0 Å². The molecule has 2 rings (SSSR count). The second-order valence-corrected chi connectivity index (χ2v) is 17.1. The maximum atomic E-state index is 13.6. The molecular weight excluding hydrogens is 462 g/mol. The van der Waals surface area contributed by atoms with E-state index in [2.05, 4.69) is 33.3 Å². The monoisotopic (exact) mass is 509 g/mol. The van der Waals surface area contributed by atoms with Crippen molar-refractivity contribution < 1.29 is 27.4 Å². The summed E-state index contributed by atoms with van der Waals surface area (Å²) in [5, 5.41) is 0. The summed E-state index contributed by atoms with van der Waals surface area (Å²) in [5.41, 5.74) is -0.610. The van der Waals surface area contributed by atoms with E-state index in [-0.39, 0.29) is 16.8 Å². The zero-order valence-corrected chi connectivity index (χ0v) is 23.7. The highest BCUT2D eigenvalue weighted by atomic mass is 32.3. The highest BCUT2D eigenvalue weighted by molar-refractivity contribution is 8.29. The first kappa shape index (κ1) is 29.0. The van der Waals surface area contributed by atoms with Crippen molar-refractivity contribution in [2.24, 2.45) is 0 Å². The maximum Gasteiger partial charge on any atom is 0.326 e. The smallest absolute Gasteiger partial charge is 0.326 e. The van der Waals surface area contributed by atoms with Crippen molar-refractivity contribution in [3.8, 4) is 0 Å². The van der Waals surface area contributed by atoms with Gasteiger partial charge in [-0.25, -0.2) is 8.51 Å². The molecule has 2 aliphatic heterocycles. The second kappa shape index (κ2) is 11.7. The third kappa shape index (κ3) is 8.17. The Bertz CT molecular complexity index is 657. The fraction of sp³-hybridized carbons (Fsp3) is 0.958. The molecule has 0 spiro atoms. The number of hydrogen-bond donors (Lipinski definition) is 0. The number of nitrogens with zero attached hydrogens (tertiary/aromatic N) is 1. The Morgan fingerprint density at radius 2 is 1.64 bits per heavy atom. The molecule has 0 saturated carbocycles. The highest BCUT2D eigenvalue weighted by Gasteiger charge is 2.51. The molecular formula is C24H47NO6S2. The molecule has 0 aromatic rings. The molecule has 2 heterocycles. The molecule has 1 unspecified atom stereocenters. The molecule has 0 aromatic heterocycles. The van der Waals surface area contributed by atoms with Crippen molar-refractivity contribution in [2.75, 3.05) is 52.0 Å². The second-order valence-electron chi connectivity index (χ2n) is 11.4. The van der Waals surface area contributed by atoms with Gasteiger partial charge in [0.1, 0.15) is 16.6 Å². The van der Waals surface area contributed by atoms with Gasteiger partial charge in [0.25, 0.3) is 0 Å². The van der Waals surface area contributed by atoms with Crippen LogP contribution in [0.2, 0.25) is 0 Å². The number of ether oxygens (including phenoxy) is 3. The van der Waals surface area contributed by atoms with E-state index in [9.17, 15) is 9.00 Å². The number of carbonyl (C=O) groups excluding carboxylic acids is 1. The molecule has 2 fully saturated rings. The van der Waals surface area contributed by atoms with Gasteiger partial charge in [-0.2, -0.15) is 0 Å². The maximum absolute atomic E-state index is 13.6. The molecule has 0 aromatic carbocycles. The summed E-state index contributed by atoms with van der Waals surface area (Å²) in [6.07, 6.45) is 7.95. The Kier molecular flexibility index (Phi) is 10.3. The molecule has 1 atom stereocenters. The number of esters is 1. The van der Waals surface area contributed by atoms with Crippen LogP contribution in [0.5, 0.6) is 0 Å². The van der Waals surface area contributed by atoms with Crippen LogP contribution in [-0.4, -0.2) is 87.7 Å². The topological polar surface area (TPSA) is 74.3 Å². The summed E-state index contributed by atoms with van der Waals surface area (Å²) < 4.78 is 38.1. The van der Waals surface area contributed by atoms with Crippen LogP contribution in [0, 0.1) is 0 Å². The van der Waals surface area contributed by atoms with Crippen LogP contribution in [0.3, 0.4) is 0 Å². The Morgan fingerprint density at radius 3 is 2.15 bits per heavy atom. The van der Waals surface area contributed by atoms with E-state index in [0.29, 0.717) is 52.4 Å². The van der Waals surface area contributed by atoms with Crippen LogP contribution in [-0.2, 0) is 34.2 Å². The van der Waals surface area contributed by atoms with Crippen molar-refractivity contribution in [2.45, 2.75) is 94.8 Å². The quantitative estimate of drug-likeness (QED) is 0.342. The summed E-state index contributed by atoms with van der Waals surface area (Å²) in [5.74, 6) is -0.365. The molecule has 33 heavy (non-hydrogen) atoms. The first-order chi connectivity index (χ1) is 15.2. The average molecular weight is 510 g/mol. The zero-order valence-electron chi connectivity index (χ0n) is 22.1. The largest absolute Gasteiger partial charge is 0.459 e. The lowest BCUT2D eigenvalue weighted by molar-refractivity contribution is -0.160. The molecule has 0 radical (unpaired) electrons. The Morgan fingerprint density at radius 1 is 1.06 bits per heavy atom. The third-order valence-electron chi connectivity index (χ3n) is 6.54. The predicted octanol–water partition coefficient (Wildman–Crippen LogP) is 4.21. The van der Waals surface area contributed by atoms with Gasteiger partial charge < -0.3 is 18.4 Å². The van der Waals surface area contributed by atoms with Crippen LogP contribution >= 0.6 is 10.3 Å². The lowest BCUT2D eigenvalue weighted by Crippen LogP contribution is -2.56. The lowest BCUT2D eigenvalue weighted by atomic mass is 9.99. The van der Waals surface area contributed by atoms with Gasteiger partial charge in [0.2, 0.25) is 0 Å². The van der Waals surface area contributed by atoms with E-state index in [1.807, 2.05) is 25.1 Å². The first-order valence-electron chi connectivity index (χ1n) is 12.1. The standard InChI is InChI=1S/C24H47NO6S2/c1-22(2,3)31-21(26)24(12-18-28-19-13-24)32(27)25-14-10-20(11-15-25)29-16-9-17-30-33(7,8)23(4,5)6/h20H,9-19H2,1-8H3. The van der Waals surface area contributed by atoms with Crippen molar-refractivity contribution in [1.29, 1.82) is 0 Å². The van der Waals surface area contributed by atoms with Crippen LogP contribution in [0.4, 0.5) is 0 Å². The molecule has 0 bridgehead atoms. The van der Waals surface area contributed by atoms with Crippen LogP contribution in [0.25, 0.3) is 0 Å².